The van der Waals surface area contributed by atoms with Crippen LogP contribution in [0.3, 0.4) is 0 Å². The highest BCUT2D eigenvalue weighted by Crippen LogP contribution is 2.19. The SMILES string of the molecule is CNC(=O)C(Cc1ccc(OCCc2ccccc2Cl)cc1)SC=O. The second-order valence-corrected chi connectivity index (χ2v) is 6.81. The number of thioether (sulfide) groups is 1. The van der Waals surface area contributed by atoms with E-state index in [1.165, 1.54) is 0 Å². The number of nitrogens with one attached hydrogen (secondary N) is 1. The molecule has 2 rings (SSSR count). The zero-order valence-corrected chi connectivity index (χ0v) is 15.5. The van der Waals surface area contributed by atoms with Crippen LogP contribution in [0.4, 0.5) is 0 Å². The summed E-state index contributed by atoms with van der Waals surface area (Å²) in [5.74, 6) is 0.604. The molecule has 0 aliphatic carbocycles. The third-order valence-corrected chi connectivity index (χ3v) is 4.89. The number of halogens is 1. The van der Waals surface area contributed by atoms with Crippen molar-refractivity contribution in [3.63, 3.8) is 0 Å². The molecule has 0 saturated heterocycles. The molecule has 0 saturated carbocycles. The van der Waals surface area contributed by atoms with E-state index in [0.717, 1.165) is 40.1 Å². The number of hydrogen-bond acceptors (Lipinski definition) is 4. The molecule has 0 aliphatic rings. The lowest BCUT2D eigenvalue weighted by Gasteiger charge is -2.12. The summed E-state index contributed by atoms with van der Waals surface area (Å²) in [5, 5.41) is 2.90. The summed E-state index contributed by atoms with van der Waals surface area (Å²) in [4.78, 5) is 22.4. The molecule has 1 N–H and O–H groups in total. The average Bonchev–Trinajstić information content (AvgIpc) is 2.63. The van der Waals surface area contributed by atoms with Crippen LogP contribution in [0, 0.1) is 0 Å². The average molecular weight is 378 g/mol. The van der Waals surface area contributed by atoms with Crippen molar-refractivity contribution in [1.82, 2.24) is 5.32 Å². The van der Waals surface area contributed by atoms with E-state index in [9.17, 15) is 9.59 Å². The molecule has 2 aromatic carbocycles. The van der Waals surface area contributed by atoms with Crippen LogP contribution in [0.15, 0.2) is 48.5 Å². The Kier molecular flexibility index (Phi) is 7.82. The predicted molar refractivity (Wildman–Crippen MR) is 103 cm³/mol. The molecular weight excluding hydrogens is 358 g/mol. The summed E-state index contributed by atoms with van der Waals surface area (Å²) in [7, 11) is 1.57. The van der Waals surface area contributed by atoms with Gasteiger partial charge in [-0.25, -0.2) is 0 Å². The Hall–Kier alpha value is -1.98. The molecule has 0 heterocycles. The molecule has 1 unspecified atom stereocenters. The molecule has 1 atom stereocenters. The van der Waals surface area contributed by atoms with Gasteiger partial charge in [-0.3, -0.25) is 9.59 Å². The Morgan fingerprint density at radius 2 is 1.96 bits per heavy atom. The summed E-state index contributed by atoms with van der Waals surface area (Å²) in [6, 6.07) is 15.3. The minimum absolute atomic E-state index is 0.155. The molecule has 2 aromatic rings. The molecule has 4 nitrogen and oxygen atoms in total. The van der Waals surface area contributed by atoms with Gasteiger partial charge in [0.25, 0.3) is 0 Å². The van der Waals surface area contributed by atoms with Crippen LogP contribution in [0.5, 0.6) is 5.75 Å². The van der Waals surface area contributed by atoms with Crippen molar-refractivity contribution in [3.05, 3.63) is 64.7 Å². The van der Waals surface area contributed by atoms with Crippen molar-refractivity contribution < 1.29 is 14.3 Å². The van der Waals surface area contributed by atoms with Crippen LogP contribution >= 0.6 is 23.4 Å². The Morgan fingerprint density at radius 3 is 2.60 bits per heavy atom. The smallest absolute Gasteiger partial charge is 0.233 e. The standard InChI is InChI=1S/C19H20ClNO3S/c1-21-19(23)18(25-13-22)12-14-6-8-16(9-7-14)24-11-10-15-4-2-3-5-17(15)20/h2-9,13,18H,10-12H2,1H3,(H,21,23). The number of benzene rings is 2. The van der Waals surface area contributed by atoms with Crippen molar-refractivity contribution >= 4 is 34.9 Å². The summed E-state index contributed by atoms with van der Waals surface area (Å²) in [6.07, 6.45) is 1.22. The molecule has 0 fully saturated rings. The van der Waals surface area contributed by atoms with Gasteiger partial charge in [0.1, 0.15) is 5.75 Å². The maximum Gasteiger partial charge on any atom is 0.233 e. The van der Waals surface area contributed by atoms with E-state index in [2.05, 4.69) is 5.32 Å². The summed E-state index contributed by atoms with van der Waals surface area (Å²) < 4.78 is 5.74. The van der Waals surface area contributed by atoms with Gasteiger partial charge in [0, 0.05) is 18.5 Å². The largest absolute Gasteiger partial charge is 0.493 e. The zero-order valence-electron chi connectivity index (χ0n) is 13.9. The predicted octanol–water partition coefficient (Wildman–Crippen LogP) is 3.54. The van der Waals surface area contributed by atoms with Crippen LogP contribution in [0.25, 0.3) is 0 Å². The summed E-state index contributed by atoms with van der Waals surface area (Å²) in [6.45, 7) is 0.533. The fourth-order valence-corrected chi connectivity index (χ4v) is 3.24. The van der Waals surface area contributed by atoms with Crippen LogP contribution in [0.1, 0.15) is 11.1 Å². The molecule has 1 amide bonds. The van der Waals surface area contributed by atoms with Crippen molar-refractivity contribution in [1.29, 1.82) is 0 Å². The lowest BCUT2D eigenvalue weighted by molar-refractivity contribution is -0.120. The monoisotopic (exact) mass is 377 g/mol. The van der Waals surface area contributed by atoms with Crippen molar-refractivity contribution in [2.75, 3.05) is 13.7 Å². The zero-order chi connectivity index (χ0) is 18.1. The lowest BCUT2D eigenvalue weighted by atomic mass is 10.1. The molecule has 0 spiro atoms. The highest BCUT2D eigenvalue weighted by Gasteiger charge is 2.18. The number of carbonyl (C=O) groups is 2. The first kappa shape index (κ1) is 19.3. The molecule has 6 heteroatoms. The highest BCUT2D eigenvalue weighted by atomic mass is 35.5. The molecule has 25 heavy (non-hydrogen) atoms. The maximum absolute atomic E-state index is 11.8. The van der Waals surface area contributed by atoms with Gasteiger partial charge in [-0.1, -0.05) is 53.7 Å². The summed E-state index contributed by atoms with van der Waals surface area (Å²) in [5.41, 5.74) is 2.73. The fourth-order valence-electron chi connectivity index (χ4n) is 2.35. The van der Waals surface area contributed by atoms with E-state index in [-0.39, 0.29) is 5.91 Å². The molecule has 132 valence electrons. The first-order valence-corrected chi connectivity index (χ1v) is 9.22. The highest BCUT2D eigenvalue weighted by molar-refractivity contribution is 8.13. The van der Waals surface area contributed by atoms with Crippen molar-refractivity contribution in [2.45, 2.75) is 18.1 Å². The van der Waals surface area contributed by atoms with Crippen molar-refractivity contribution in [3.8, 4) is 5.75 Å². The number of carbonyl (C=O) groups excluding carboxylic acids is 2. The number of ether oxygens (including phenoxy) is 1. The summed E-state index contributed by atoms with van der Waals surface area (Å²) >= 11 is 7.11. The van der Waals surface area contributed by atoms with Crippen LogP contribution in [0.2, 0.25) is 5.02 Å². The van der Waals surface area contributed by atoms with E-state index in [4.69, 9.17) is 16.3 Å². The fraction of sp³-hybridized carbons (Fsp3) is 0.263. The molecule has 0 aromatic heterocycles. The third kappa shape index (κ3) is 6.11. The van der Waals surface area contributed by atoms with E-state index in [1.807, 2.05) is 48.5 Å². The maximum atomic E-state index is 11.8. The molecule has 0 radical (unpaired) electrons. The van der Waals surface area contributed by atoms with Crippen LogP contribution in [-0.2, 0) is 22.4 Å². The number of amides is 1. The topological polar surface area (TPSA) is 55.4 Å². The van der Waals surface area contributed by atoms with Gasteiger partial charge in [0.15, 0.2) is 5.62 Å². The Labute approximate surface area is 156 Å². The van der Waals surface area contributed by atoms with Gasteiger partial charge >= 0.3 is 0 Å². The Balaban J connectivity index is 1.87. The normalized spacial score (nSPS) is 11.6. The van der Waals surface area contributed by atoms with Gasteiger partial charge in [0.2, 0.25) is 5.91 Å². The minimum Gasteiger partial charge on any atom is -0.493 e. The van der Waals surface area contributed by atoms with E-state index < -0.39 is 5.25 Å². The number of hydrogen-bond donors (Lipinski definition) is 1. The first-order valence-electron chi connectivity index (χ1n) is 7.90. The van der Waals surface area contributed by atoms with Gasteiger partial charge in [-0.15, -0.1) is 0 Å². The van der Waals surface area contributed by atoms with Crippen LogP contribution in [-0.4, -0.2) is 30.4 Å². The van der Waals surface area contributed by atoms with Gasteiger partial charge in [-0.2, -0.15) is 0 Å². The minimum atomic E-state index is -0.422. The second-order valence-electron chi connectivity index (χ2n) is 5.37. The molecule has 0 bridgehead atoms. The quantitative estimate of drug-likeness (QED) is 0.679. The molecule has 0 aliphatic heterocycles. The molecular formula is C19H20ClNO3S. The van der Waals surface area contributed by atoms with E-state index in [0.29, 0.717) is 18.6 Å². The Bertz CT molecular complexity index is 706. The van der Waals surface area contributed by atoms with Gasteiger partial charge in [-0.05, 0) is 35.7 Å². The van der Waals surface area contributed by atoms with E-state index in [1.54, 1.807) is 7.05 Å². The Morgan fingerprint density at radius 1 is 1.24 bits per heavy atom. The van der Waals surface area contributed by atoms with Crippen molar-refractivity contribution in [2.24, 2.45) is 0 Å². The van der Waals surface area contributed by atoms with Gasteiger partial charge < -0.3 is 10.1 Å². The van der Waals surface area contributed by atoms with Gasteiger partial charge in [0.05, 0.1) is 11.9 Å². The first-order chi connectivity index (χ1) is 12.1. The van der Waals surface area contributed by atoms with Crippen LogP contribution < -0.4 is 10.1 Å². The number of rotatable bonds is 9. The van der Waals surface area contributed by atoms with E-state index >= 15 is 0 Å². The third-order valence-electron chi connectivity index (χ3n) is 3.70. The second kappa shape index (κ2) is 10.1. The lowest BCUT2D eigenvalue weighted by Crippen LogP contribution is -2.31.